The normalized spacial score (nSPS) is 10.5. The van der Waals surface area contributed by atoms with Crippen LogP contribution in [0.3, 0.4) is 0 Å². The molecule has 1 heterocycles. The highest BCUT2D eigenvalue weighted by molar-refractivity contribution is 9.10. The van der Waals surface area contributed by atoms with Gasteiger partial charge in [-0.3, -0.25) is 9.48 Å². The molecule has 0 unspecified atom stereocenters. The number of benzene rings is 1. The van der Waals surface area contributed by atoms with Gasteiger partial charge < -0.3 is 4.74 Å². The van der Waals surface area contributed by atoms with Crippen molar-refractivity contribution in [2.75, 3.05) is 7.11 Å². The number of aromatic nitrogens is 2. The summed E-state index contributed by atoms with van der Waals surface area (Å²) in [6.45, 7) is 1.91. The fourth-order valence-corrected chi connectivity index (χ4v) is 2.40. The van der Waals surface area contributed by atoms with Gasteiger partial charge >= 0.3 is 0 Å². The van der Waals surface area contributed by atoms with Crippen molar-refractivity contribution in [1.82, 2.24) is 9.78 Å². The van der Waals surface area contributed by atoms with Gasteiger partial charge in [-0.05, 0) is 31.2 Å². The summed E-state index contributed by atoms with van der Waals surface area (Å²) in [5, 5.41) is 4.24. The van der Waals surface area contributed by atoms with E-state index < -0.39 is 0 Å². The molecule has 0 aliphatic rings. The summed E-state index contributed by atoms with van der Waals surface area (Å²) < 4.78 is 7.66. The first-order valence-corrected chi connectivity index (χ1v) is 6.67. The summed E-state index contributed by atoms with van der Waals surface area (Å²) in [5.41, 5.74) is 2.44. The first kappa shape index (κ1) is 13.8. The van der Waals surface area contributed by atoms with E-state index in [2.05, 4.69) is 21.0 Å². The molecule has 0 aliphatic carbocycles. The Bertz CT molecular complexity index is 620. The van der Waals surface area contributed by atoms with E-state index in [4.69, 9.17) is 4.74 Å². The summed E-state index contributed by atoms with van der Waals surface area (Å²) in [6.07, 6.45) is 0.323. The molecule has 4 nitrogen and oxygen atoms in total. The monoisotopic (exact) mass is 322 g/mol. The fourth-order valence-electron chi connectivity index (χ4n) is 1.93. The number of hydrogen-bond donors (Lipinski definition) is 0. The molecule has 19 heavy (non-hydrogen) atoms. The van der Waals surface area contributed by atoms with Crippen molar-refractivity contribution in [3.05, 3.63) is 45.7 Å². The van der Waals surface area contributed by atoms with Gasteiger partial charge in [-0.15, -0.1) is 0 Å². The third-order valence-corrected chi connectivity index (χ3v) is 3.61. The largest absolute Gasteiger partial charge is 0.497 e. The molecule has 0 atom stereocenters. The summed E-state index contributed by atoms with van der Waals surface area (Å²) in [4.78, 5) is 12.3. The molecule has 0 spiro atoms. The molecular weight excluding hydrogens is 308 g/mol. The molecule has 0 aliphatic heterocycles. The summed E-state index contributed by atoms with van der Waals surface area (Å²) >= 11 is 3.40. The SMILES string of the molecule is COc1ccc(Br)c(C(=O)Cc2cc(C)nn2C)c1. The lowest BCUT2D eigenvalue weighted by atomic mass is 10.1. The number of Topliss-reactive ketones (excluding diaryl/α,β-unsaturated/α-hetero) is 1. The number of halogens is 1. The van der Waals surface area contributed by atoms with Gasteiger partial charge in [0.1, 0.15) is 5.75 Å². The number of carbonyl (C=O) groups is 1. The Morgan fingerprint density at radius 3 is 2.74 bits per heavy atom. The van der Waals surface area contributed by atoms with Crippen molar-refractivity contribution >= 4 is 21.7 Å². The zero-order valence-electron chi connectivity index (χ0n) is 11.1. The van der Waals surface area contributed by atoms with E-state index >= 15 is 0 Å². The van der Waals surface area contributed by atoms with Crippen LogP contribution in [0, 0.1) is 6.92 Å². The van der Waals surface area contributed by atoms with Gasteiger partial charge in [0, 0.05) is 22.8 Å². The van der Waals surface area contributed by atoms with Gasteiger partial charge in [-0.1, -0.05) is 15.9 Å². The Morgan fingerprint density at radius 1 is 1.42 bits per heavy atom. The molecule has 2 rings (SSSR count). The lowest BCUT2D eigenvalue weighted by molar-refractivity contribution is 0.0989. The van der Waals surface area contributed by atoms with Gasteiger partial charge in [0.15, 0.2) is 5.78 Å². The molecule has 1 aromatic carbocycles. The third-order valence-electron chi connectivity index (χ3n) is 2.91. The molecule has 0 radical (unpaired) electrons. The Hall–Kier alpha value is -1.62. The second-order valence-electron chi connectivity index (χ2n) is 4.35. The van der Waals surface area contributed by atoms with Crippen LogP contribution in [0.5, 0.6) is 5.75 Å². The zero-order chi connectivity index (χ0) is 14.0. The predicted molar refractivity (Wildman–Crippen MR) is 76.7 cm³/mol. The molecule has 5 heteroatoms. The zero-order valence-corrected chi connectivity index (χ0v) is 12.7. The summed E-state index contributed by atoms with van der Waals surface area (Å²) in [5.74, 6) is 0.710. The fraction of sp³-hybridized carbons (Fsp3) is 0.286. The molecule has 2 aromatic rings. The lowest BCUT2D eigenvalue weighted by Crippen LogP contribution is -2.08. The summed E-state index contributed by atoms with van der Waals surface area (Å²) in [6, 6.07) is 7.30. The average Bonchev–Trinajstić information content (AvgIpc) is 2.68. The second kappa shape index (κ2) is 5.57. The van der Waals surface area contributed by atoms with Crippen LogP contribution in [0.4, 0.5) is 0 Å². The minimum absolute atomic E-state index is 0.0359. The number of methoxy groups -OCH3 is 1. The number of hydrogen-bond acceptors (Lipinski definition) is 3. The van der Waals surface area contributed by atoms with E-state index in [1.807, 2.05) is 32.2 Å². The number of ketones is 1. The molecule has 0 amide bonds. The van der Waals surface area contributed by atoms with Crippen LogP contribution in [0.2, 0.25) is 0 Å². The van der Waals surface area contributed by atoms with Crippen molar-refractivity contribution in [2.45, 2.75) is 13.3 Å². The number of nitrogens with zero attached hydrogens (tertiary/aromatic N) is 2. The first-order chi connectivity index (χ1) is 9.01. The topological polar surface area (TPSA) is 44.1 Å². The highest BCUT2D eigenvalue weighted by Gasteiger charge is 2.14. The maximum Gasteiger partial charge on any atom is 0.170 e. The number of rotatable bonds is 4. The van der Waals surface area contributed by atoms with Crippen LogP contribution in [-0.4, -0.2) is 22.7 Å². The Labute approximate surface area is 120 Å². The van der Waals surface area contributed by atoms with Crippen LogP contribution < -0.4 is 4.74 Å². The lowest BCUT2D eigenvalue weighted by Gasteiger charge is -2.07. The molecular formula is C14H15BrN2O2. The third kappa shape index (κ3) is 3.04. The Kier molecular flexibility index (Phi) is 4.04. The Balaban J connectivity index is 2.27. The minimum Gasteiger partial charge on any atom is -0.497 e. The number of carbonyl (C=O) groups excluding carboxylic acids is 1. The van der Waals surface area contributed by atoms with Gasteiger partial charge in [0.2, 0.25) is 0 Å². The maximum atomic E-state index is 12.3. The minimum atomic E-state index is 0.0359. The van der Waals surface area contributed by atoms with Crippen molar-refractivity contribution in [1.29, 1.82) is 0 Å². The van der Waals surface area contributed by atoms with Crippen LogP contribution in [0.25, 0.3) is 0 Å². The first-order valence-electron chi connectivity index (χ1n) is 5.87. The molecule has 0 saturated heterocycles. The molecule has 0 fully saturated rings. The highest BCUT2D eigenvalue weighted by Crippen LogP contribution is 2.24. The smallest absolute Gasteiger partial charge is 0.170 e. The second-order valence-corrected chi connectivity index (χ2v) is 5.20. The summed E-state index contributed by atoms with van der Waals surface area (Å²) in [7, 11) is 3.43. The molecule has 0 saturated carbocycles. The highest BCUT2D eigenvalue weighted by atomic mass is 79.9. The van der Waals surface area contributed by atoms with E-state index in [0.29, 0.717) is 17.7 Å². The average molecular weight is 323 g/mol. The molecule has 0 N–H and O–H groups in total. The molecule has 100 valence electrons. The van der Waals surface area contributed by atoms with Crippen LogP contribution >= 0.6 is 15.9 Å². The van der Waals surface area contributed by atoms with Crippen molar-refractivity contribution < 1.29 is 9.53 Å². The van der Waals surface area contributed by atoms with Crippen molar-refractivity contribution in [2.24, 2.45) is 7.05 Å². The predicted octanol–water partition coefficient (Wildman–Crippen LogP) is 2.93. The maximum absolute atomic E-state index is 12.3. The van der Waals surface area contributed by atoms with E-state index in [1.54, 1.807) is 17.9 Å². The number of aryl methyl sites for hydroxylation is 2. The van der Waals surface area contributed by atoms with Crippen molar-refractivity contribution in [3.63, 3.8) is 0 Å². The van der Waals surface area contributed by atoms with E-state index in [0.717, 1.165) is 15.9 Å². The standard InChI is InChI=1S/C14H15BrN2O2/c1-9-6-10(17(2)16-9)7-14(18)12-8-11(19-3)4-5-13(12)15/h4-6,8H,7H2,1-3H3. The Morgan fingerprint density at radius 2 is 2.16 bits per heavy atom. The number of ether oxygens (including phenoxy) is 1. The molecule has 1 aromatic heterocycles. The molecule has 0 bridgehead atoms. The van der Waals surface area contributed by atoms with Crippen molar-refractivity contribution in [3.8, 4) is 5.75 Å². The van der Waals surface area contributed by atoms with Crippen LogP contribution in [0.1, 0.15) is 21.7 Å². The van der Waals surface area contributed by atoms with Gasteiger partial charge in [0.25, 0.3) is 0 Å². The van der Waals surface area contributed by atoms with E-state index in [-0.39, 0.29) is 5.78 Å². The van der Waals surface area contributed by atoms with Gasteiger partial charge in [-0.2, -0.15) is 5.10 Å². The van der Waals surface area contributed by atoms with Crippen LogP contribution in [-0.2, 0) is 13.5 Å². The van der Waals surface area contributed by atoms with E-state index in [1.165, 1.54) is 0 Å². The van der Waals surface area contributed by atoms with Gasteiger partial charge in [0.05, 0.1) is 19.2 Å². The van der Waals surface area contributed by atoms with Gasteiger partial charge in [-0.25, -0.2) is 0 Å². The van der Waals surface area contributed by atoms with E-state index in [9.17, 15) is 4.79 Å². The van der Waals surface area contributed by atoms with Crippen LogP contribution in [0.15, 0.2) is 28.7 Å². The quantitative estimate of drug-likeness (QED) is 0.813.